The molecular formula is C21H29N3O3S. The maximum absolute atomic E-state index is 11.8. The van der Waals surface area contributed by atoms with Gasteiger partial charge in [-0.2, -0.15) is 5.10 Å². The molecule has 2 aliphatic rings. The molecule has 1 aromatic carbocycles. The van der Waals surface area contributed by atoms with E-state index in [1.54, 1.807) is 0 Å². The molecule has 7 heteroatoms. The van der Waals surface area contributed by atoms with Gasteiger partial charge in [-0.1, -0.05) is 6.07 Å². The lowest BCUT2D eigenvalue weighted by molar-refractivity contribution is 0.311. The molecule has 1 atom stereocenters. The minimum atomic E-state index is -2.94. The number of sulfone groups is 1. The molecule has 2 heterocycles. The van der Waals surface area contributed by atoms with E-state index in [0.717, 1.165) is 35.4 Å². The number of aryl methyl sites for hydroxylation is 3. The monoisotopic (exact) mass is 403 g/mol. The number of benzene rings is 1. The maximum Gasteiger partial charge on any atom is 0.152 e. The fourth-order valence-corrected chi connectivity index (χ4v) is 6.35. The van der Waals surface area contributed by atoms with Gasteiger partial charge in [-0.15, -0.1) is 0 Å². The number of hydrogen-bond donors (Lipinski definition) is 1. The largest absolute Gasteiger partial charge is 0.508 e. The van der Waals surface area contributed by atoms with Crippen molar-refractivity contribution in [1.29, 1.82) is 0 Å². The van der Waals surface area contributed by atoms with Gasteiger partial charge >= 0.3 is 0 Å². The van der Waals surface area contributed by atoms with Crippen molar-refractivity contribution in [2.45, 2.75) is 58.7 Å². The minimum Gasteiger partial charge on any atom is -0.508 e. The molecule has 1 aromatic heterocycles. The highest BCUT2D eigenvalue weighted by molar-refractivity contribution is 7.91. The average molecular weight is 404 g/mol. The highest BCUT2D eigenvalue weighted by Gasteiger charge is 2.31. The van der Waals surface area contributed by atoms with Gasteiger partial charge in [0.25, 0.3) is 0 Å². The second kappa shape index (κ2) is 7.19. The molecule has 28 heavy (non-hydrogen) atoms. The molecular weight excluding hydrogens is 374 g/mol. The minimum absolute atomic E-state index is 0.0523. The van der Waals surface area contributed by atoms with Crippen molar-refractivity contribution in [3.63, 3.8) is 0 Å². The van der Waals surface area contributed by atoms with Crippen molar-refractivity contribution in [3.05, 3.63) is 45.8 Å². The van der Waals surface area contributed by atoms with Gasteiger partial charge in [0.05, 0.1) is 23.2 Å². The molecule has 0 unspecified atom stereocenters. The van der Waals surface area contributed by atoms with Crippen LogP contribution in [0.1, 0.15) is 52.5 Å². The van der Waals surface area contributed by atoms with Crippen molar-refractivity contribution < 1.29 is 13.5 Å². The van der Waals surface area contributed by atoms with Crippen molar-refractivity contribution in [2.75, 3.05) is 18.6 Å². The Morgan fingerprint density at radius 3 is 2.61 bits per heavy atom. The Bertz CT molecular complexity index is 1010. The van der Waals surface area contributed by atoms with E-state index < -0.39 is 9.84 Å². The van der Waals surface area contributed by atoms with Gasteiger partial charge < -0.3 is 5.11 Å². The van der Waals surface area contributed by atoms with Crippen LogP contribution in [0.5, 0.6) is 5.75 Å². The van der Waals surface area contributed by atoms with Crippen molar-refractivity contribution >= 4 is 9.84 Å². The van der Waals surface area contributed by atoms with Gasteiger partial charge in [0, 0.05) is 29.9 Å². The van der Waals surface area contributed by atoms with Crippen LogP contribution < -0.4 is 0 Å². The number of rotatable bonds is 5. The Balaban J connectivity index is 1.50. The van der Waals surface area contributed by atoms with E-state index in [0.29, 0.717) is 25.3 Å². The summed E-state index contributed by atoms with van der Waals surface area (Å²) in [5.41, 5.74) is 6.75. The number of hydrogen-bond acceptors (Lipinski definition) is 5. The summed E-state index contributed by atoms with van der Waals surface area (Å²) >= 11 is 0. The predicted octanol–water partition coefficient (Wildman–Crippen LogP) is 2.69. The molecule has 2 aromatic rings. The maximum atomic E-state index is 11.8. The number of aromatic hydroxyl groups is 1. The molecule has 1 aliphatic carbocycles. The Hall–Kier alpha value is -1.86. The summed E-state index contributed by atoms with van der Waals surface area (Å²) in [5.74, 6) is 0.823. The topological polar surface area (TPSA) is 75.4 Å². The summed E-state index contributed by atoms with van der Waals surface area (Å²) in [7, 11) is -0.892. The third-order valence-electron chi connectivity index (χ3n) is 6.19. The van der Waals surface area contributed by atoms with Crippen LogP contribution in [0, 0.1) is 13.8 Å². The molecule has 1 saturated heterocycles. The number of phenolic OH excluding ortho intramolecular Hbond substituents is 1. The Kier molecular flexibility index (Phi) is 5.00. The van der Waals surface area contributed by atoms with Crippen LogP contribution >= 0.6 is 0 Å². The number of phenols is 1. The summed E-state index contributed by atoms with van der Waals surface area (Å²) in [6.07, 6.45) is 3.97. The lowest BCUT2D eigenvalue weighted by Crippen LogP contribution is -2.19. The SMILES string of the molecule is Cc1nn([C@H]2CCS(=O)(=O)C2)c(C)c1CN(C)Cc1cc2c(cc1O)CCC2. The van der Waals surface area contributed by atoms with Gasteiger partial charge in [0.2, 0.25) is 0 Å². The number of nitrogens with zero attached hydrogens (tertiary/aromatic N) is 3. The normalized spacial score (nSPS) is 20.8. The number of fused-ring (bicyclic) bond motifs is 1. The molecule has 0 saturated carbocycles. The van der Waals surface area contributed by atoms with E-state index in [4.69, 9.17) is 0 Å². The van der Waals surface area contributed by atoms with Crippen molar-refractivity contribution in [2.24, 2.45) is 0 Å². The lowest BCUT2D eigenvalue weighted by atomic mass is 10.0. The molecule has 1 N–H and O–H groups in total. The van der Waals surface area contributed by atoms with Gasteiger partial charge in [-0.05, 0) is 63.8 Å². The first-order chi connectivity index (χ1) is 13.2. The van der Waals surface area contributed by atoms with Crippen LogP contribution in [0.3, 0.4) is 0 Å². The first kappa shape index (κ1) is 19.5. The van der Waals surface area contributed by atoms with E-state index in [1.165, 1.54) is 17.5 Å². The summed E-state index contributed by atoms with van der Waals surface area (Å²) < 4.78 is 25.6. The number of aromatic nitrogens is 2. The molecule has 0 spiro atoms. The molecule has 4 rings (SSSR count). The highest BCUT2D eigenvalue weighted by atomic mass is 32.2. The summed E-state index contributed by atoms with van der Waals surface area (Å²) in [4.78, 5) is 2.18. The third kappa shape index (κ3) is 3.70. The average Bonchev–Trinajstić information content (AvgIpc) is 3.28. The van der Waals surface area contributed by atoms with Crippen molar-refractivity contribution in [3.8, 4) is 5.75 Å². The lowest BCUT2D eigenvalue weighted by Gasteiger charge is -2.19. The molecule has 0 amide bonds. The fourth-order valence-electron chi connectivity index (χ4n) is 4.66. The van der Waals surface area contributed by atoms with E-state index in [2.05, 4.69) is 16.1 Å². The fraction of sp³-hybridized carbons (Fsp3) is 0.571. The Morgan fingerprint density at radius 1 is 1.21 bits per heavy atom. The zero-order chi connectivity index (χ0) is 20.1. The standard InChI is InChI=1S/C21H29N3O3S/c1-14-20(15(2)24(22-14)19-7-8-28(26,27)13-19)12-23(3)11-18-9-16-5-4-6-17(16)10-21(18)25/h9-10,19,25H,4-8,11-13H2,1-3H3/t19-/m0/s1. The quantitative estimate of drug-likeness (QED) is 0.831. The smallest absolute Gasteiger partial charge is 0.152 e. The van der Waals surface area contributed by atoms with E-state index in [-0.39, 0.29) is 17.5 Å². The predicted molar refractivity (Wildman–Crippen MR) is 109 cm³/mol. The molecule has 0 radical (unpaired) electrons. The van der Waals surface area contributed by atoms with Crippen LogP contribution in [0.15, 0.2) is 12.1 Å². The van der Waals surface area contributed by atoms with Crippen molar-refractivity contribution in [1.82, 2.24) is 14.7 Å². The Labute approximate surface area is 167 Å². The Morgan fingerprint density at radius 2 is 1.93 bits per heavy atom. The first-order valence-electron chi connectivity index (χ1n) is 10.0. The van der Waals surface area contributed by atoms with Gasteiger partial charge in [-0.3, -0.25) is 9.58 Å². The molecule has 1 aliphatic heterocycles. The van der Waals surface area contributed by atoms with Gasteiger partial charge in [-0.25, -0.2) is 8.42 Å². The summed E-state index contributed by atoms with van der Waals surface area (Å²) in [6.45, 7) is 5.40. The summed E-state index contributed by atoms with van der Waals surface area (Å²) in [5, 5.41) is 15.1. The van der Waals surface area contributed by atoms with Crippen LogP contribution in [0.2, 0.25) is 0 Å². The van der Waals surface area contributed by atoms with E-state index >= 15 is 0 Å². The van der Waals surface area contributed by atoms with Crippen LogP contribution in [-0.4, -0.2) is 46.8 Å². The summed E-state index contributed by atoms with van der Waals surface area (Å²) in [6, 6.07) is 4.03. The van der Waals surface area contributed by atoms with E-state index in [9.17, 15) is 13.5 Å². The van der Waals surface area contributed by atoms with E-state index in [1.807, 2.05) is 31.6 Å². The van der Waals surface area contributed by atoms with Crippen LogP contribution in [-0.2, 0) is 35.8 Å². The molecule has 1 fully saturated rings. The van der Waals surface area contributed by atoms with Gasteiger partial charge in [0.15, 0.2) is 9.84 Å². The third-order valence-corrected chi connectivity index (χ3v) is 7.94. The second-order valence-corrected chi connectivity index (χ2v) is 10.7. The molecule has 152 valence electrons. The second-order valence-electron chi connectivity index (χ2n) is 8.43. The molecule has 6 nitrogen and oxygen atoms in total. The van der Waals surface area contributed by atoms with Crippen LogP contribution in [0.25, 0.3) is 0 Å². The van der Waals surface area contributed by atoms with Gasteiger partial charge in [0.1, 0.15) is 5.75 Å². The first-order valence-corrected chi connectivity index (χ1v) is 11.8. The highest BCUT2D eigenvalue weighted by Crippen LogP contribution is 2.31. The zero-order valence-corrected chi connectivity index (χ0v) is 17.7. The van der Waals surface area contributed by atoms with Crippen LogP contribution in [0.4, 0.5) is 0 Å². The molecule has 0 bridgehead atoms. The zero-order valence-electron chi connectivity index (χ0n) is 16.9.